The van der Waals surface area contributed by atoms with Gasteiger partial charge in [0.25, 0.3) is 0 Å². The molecule has 27 heavy (non-hydrogen) atoms. The summed E-state index contributed by atoms with van der Waals surface area (Å²) in [4.78, 5) is 5.16. The van der Waals surface area contributed by atoms with Crippen LogP contribution in [0, 0.1) is 13.8 Å². The Morgan fingerprint density at radius 2 is 1.19 bits per heavy atom. The SMILES string of the molecule is Cc1ccc(/C(=C/C(=N/[Si](C)(C)C)c2ccc(C)cc2)[N-][Si](C)(C)C)cc1. The number of hydrogen-bond donors (Lipinski definition) is 0. The molecular weight excluding hydrogens is 360 g/mol. The summed E-state index contributed by atoms with van der Waals surface area (Å²) in [5.74, 6) is 0. The number of hydrogen-bond acceptors (Lipinski definition) is 1. The van der Waals surface area contributed by atoms with E-state index in [0.29, 0.717) is 0 Å². The third kappa shape index (κ3) is 7.31. The molecule has 0 fully saturated rings. The predicted octanol–water partition coefficient (Wildman–Crippen LogP) is 7.18. The highest BCUT2D eigenvalue weighted by Crippen LogP contribution is 2.28. The second-order valence-corrected chi connectivity index (χ2v) is 18.3. The minimum Gasteiger partial charge on any atom is -0.687 e. The maximum atomic E-state index is 5.16. The Labute approximate surface area is 167 Å². The minimum atomic E-state index is -1.64. The molecule has 0 spiro atoms. The number of nitrogens with zero attached hydrogens (tertiary/aromatic N) is 2. The van der Waals surface area contributed by atoms with Crippen LogP contribution in [0.1, 0.15) is 22.3 Å². The predicted molar refractivity (Wildman–Crippen MR) is 127 cm³/mol. The molecular formula is C23H33N2Si2-. The zero-order valence-electron chi connectivity index (χ0n) is 18.1. The van der Waals surface area contributed by atoms with Gasteiger partial charge in [-0.25, -0.2) is 0 Å². The molecule has 0 aliphatic carbocycles. The van der Waals surface area contributed by atoms with Crippen LogP contribution >= 0.6 is 0 Å². The quantitative estimate of drug-likeness (QED) is 0.367. The molecule has 0 saturated heterocycles. The summed E-state index contributed by atoms with van der Waals surface area (Å²) >= 11 is 0. The smallest absolute Gasteiger partial charge is 0.173 e. The molecule has 2 nitrogen and oxygen atoms in total. The fourth-order valence-corrected chi connectivity index (χ4v) is 4.49. The topological polar surface area (TPSA) is 26.5 Å². The number of benzene rings is 2. The molecule has 0 radical (unpaired) electrons. The van der Waals surface area contributed by atoms with Crippen molar-refractivity contribution in [3.8, 4) is 0 Å². The summed E-state index contributed by atoms with van der Waals surface area (Å²) in [6.45, 7) is 17.9. The number of allylic oxidation sites excluding steroid dienone is 1. The fraction of sp³-hybridized carbons (Fsp3) is 0.348. The van der Waals surface area contributed by atoms with Gasteiger partial charge in [0.2, 0.25) is 0 Å². The van der Waals surface area contributed by atoms with Crippen LogP contribution in [0.4, 0.5) is 0 Å². The maximum Gasteiger partial charge on any atom is 0.173 e. The zero-order valence-corrected chi connectivity index (χ0v) is 20.1. The highest BCUT2D eigenvalue weighted by molar-refractivity contribution is 6.82. The number of aryl methyl sites for hydroxylation is 2. The van der Waals surface area contributed by atoms with E-state index in [9.17, 15) is 0 Å². The van der Waals surface area contributed by atoms with Crippen LogP contribution in [0.15, 0.2) is 59.3 Å². The average molecular weight is 394 g/mol. The molecule has 0 aromatic heterocycles. The first kappa shape index (κ1) is 21.4. The molecule has 4 heteroatoms. The zero-order chi connectivity index (χ0) is 20.2. The van der Waals surface area contributed by atoms with Crippen molar-refractivity contribution in [2.24, 2.45) is 4.66 Å². The Balaban J connectivity index is 2.60. The van der Waals surface area contributed by atoms with Crippen molar-refractivity contribution >= 4 is 27.9 Å². The van der Waals surface area contributed by atoms with Gasteiger partial charge in [-0.15, -0.1) is 5.70 Å². The van der Waals surface area contributed by atoms with Gasteiger partial charge in [-0.2, -0.15) is 0 Å². The fourth-order valence-electron chi connectivity index (χ4n) is 2.66. The molecule has 0 aliphatic heterocycles. The van der Waals surface area contributed by atoms with Crippen molar-refractivity contribution in [2.45, 2.75) is 53.1 Å². The van der Waals surface area contributed by atoms with Gasteiger partial charge in [0.05, 0.1) is 5.71 Å². The van der Waals surface area contributed by atoms with Crippen molar-refractivity contribution in [1.82, 2.24) is 0 Å². The molecule has 0 bridgehead atoms. The van der Waals surface area contributed by atoms with E-state index in [1.807, 2.05) is 0 Å². The van der Waals surface area contributed by atoms with E-state index < -0.39 is 16.5 Å². The van der Waals surface area contributed by atoms with E-state index in [-0.39, 0.29) is 0 Å². The van der Waals surface area contributed by atoms with Crippen LogP contribution in [0.3, 0.4) is 0 Å². The van der Waals surface area contributed by atoms with Crippen molar-refractivity contribution in [1.29, 1.82) is 0 Å². The molecule has 0 amide bonds. The highest BCUT2D eigenvalue weighted by Gasteiger charge is 2.14. The third-order valence-electron chi connectivity index (χ3n) is 3.88. The van der Waals surface area contributed by atoms with Crippen molar-refractivity contribution in [3.63, 3.8) is 0 Å². The normalized spacial score (nSPS) is 13.6. The van der Waals surface area contributed by atoms with Gasteiger partial charge in [-0.05, 0) is 52.9 Å². The van der Waals surface area contributed by atoms with Gasteiger partial charge in [0.1, 0.15) is 0 Å². The number of rotatable bonds is 6. The minimum absolute atomic E-state index is 1.05. The van der Waals surface area contributed by atoms with Crippen LogP contribution in [0.2, 0.25) is 39.3 Å². The molecule has 0 aliphatic rings. The van der Waals surface area contributed by atoms with Gasteiger partial charge in [-0.3, -0.25) is 0 Å². The third-order valence-corrected chi connectivity index (χ3v) is 5.70. The van der Waals surface area contributed by atoms with Gasteiger partial charge in [-0.1, -0.05) is 85.4 Å². The van der Waals surface area contributed by atoms with E-state index in [0.717, 1.165) is 11.4 Å². The first-order valence-electron chi connectivity index (χ1n) is 9.61. The van der Waals surface area contributed by atoms with E-state index in [1.165, 1.54) is 22.3 Å². The summed E-state index contributed by atoms with van der Waals surface area (Å²) in [7, 11) is -3.28. The molecule has 2 rings (SSSR count). The van der Waals surface area contributed by atoms with Crippen LogP contribution in [0.25, 0.3) is 10.7 Å². The van der Waals surface area contributed by atoms with Crippen LogP contribution in [-0.2, 0) is 0 Å². The highest BCUT2D eigenvalue weighted by atomic mass is 28.3. The molecule has 0 heterocycles. The average Bonchev–Trinajstić information content (AvgIpc) is 2.52. The Hall–Kier alpha value is -1.92. The molecule has 0 N–H and O–H groups in total. The lowest BCUT2D eigenvalue weighted by Crippen LogP contribution is -2.21. The Morgan fingerprint density at radius 1 is 0.741 bits per heavy atom. The van der Waals surface area contributed by atoms with Gasteiger partial charge >= 0.3 is 0 Å². The van der Waals surface area contributed by atoms with Gasteiger partial charge < -0.3 is 9.64 Å². The van der Waals surface area contributed by atoms with E-state index in [2.05, 4.69) is 108 Å². The second kappa shape index (κ2) is 8.40. The summed E-state index contributed by atoms with van der Waals surface area (Å²) in [5.41, 5.74) is 6.96. The van der Waals surface area contributed by atoms with Gasteiger partial charge in [0, 0.05) is 0 Å². The summed E-state index contributed by atoms with van der Waals surface area (Å²) < 4.78 is 5.16. The summed E-state index contributed by atoms with van der Waals surface area (Å²) in [6, 6.07) is 17.3. The summed E-state index contributed by atoms with van der Waals surface area (Å²) in [6.07, 6.45) is 2.20. The largest absolute Gasteiger partial charge is 0.687 e. The first-order valence-corrected chi connectivity index (χ1v) is 16.5. The Kier molecular flexibility index (Phi) is 6.65. The Morgan fingerprint density at radius 3 is 1.59 bits per heavy atom. The molecule has 0 atom stereocenters. The van der Waals surface area contributed by atoms with Crippen molar-refractivity contribution < 1.29 is 0 Å². The first-order chi connectivity index (χ1) is 12.4. The lowest BCUT2D eigenvalue weighted by Gasteiger charge is -2.39. The van der Waals surface area contributed by atoms with Crippen molar-refractivity contribution in [3.05, 3.63) is 81.8 Å². The van der Waals surface area contributed by atoms with Gasteiger partial charge in [0.15, 0.2) is 8.24 Å². The van der Waals surface area contributed by atoms with E-state index in [4.69, 9.17) is 9.64 Å². The standard InChI is InChI=1S/C23H33N2Si2/c1-18-9-13-20(14-10-18)22(24-26(3,4)5)17-23(25-27(6,7)8)21-15-11-19(2)12-16-21/h9-17H,1-8H3/q-1/b22-17-,25-23-. The Bertz CT molecular complexity index is 819. The lowest BCUT2D eigenvalue weighted by molar-refractivity contribution is 1.45. The molecule has 2 aromatic rings. The van der Waals surface area contributed by atoms with Crippen molar-refractivity contribution in [2.75, 3.05) is 0 Å². The monoisotopic (exact) mass is 393 g/mol. The van der Waals surface area contributed by atoms with E-state index in [1.54, 1.807) is 0 Å². The van der Waals surface area contributed by atoms with Crippen LogP contribution in [0.5, 0.6) is 0 Å². The lowest BCUT2D eigenvalue weighted by atomic mass is 10.0. The van der Waals surface area contributed by atoms with Crippen LogP contribution < -0.4 is 0 Å². The molecule has 2 aromatic carbocycles. The molecule has 144 valence electrons. The summed E-state index contributed by atoms with van der Waals surface area (Å²) in [5, 5.41) is 0. The van der Waals surface area contributed by atoms with E-state index >= 15 is 0 Å². The molecule has 0 unspecified atom stereocenters. The van der Waals surface area contributed by atoms with Crippen LogP contribution in [-0.4, -0.2) is 22.2 Å². The maximum absolute atomic E-state index is 5.16. The molecule has 0 saturated carbocycles. The second-order valence-electron chi connectivity index (χ2n) is 9.21.